The molecule has 0 atom stereocenters. The van der Waals surface area contributed by atoms with Crippen molar-refractivity contribution in [1.82, 2.24) is 0 Å². The van der Waals surface area contributed by atoms with Crippen molar-refractivity contribution < 1.29 is 10.2 Å². The van der Waals surface area contributed by atoms with E-state index in [1.54, 1.807) is 6.92 Å². The normalized spacial score (nSPS) is 14.5. The highest BCUT2D eigenvalue weighted by molar-refractivity contribution is 5.24. The van der Waals surface area contributed by atoms with Gasteiger partial charge >= 0.3 is 0 Å². The minimum Gasteiger partial charge on any atom is -0.396 e. The number of aliphatic hydroxyl groups excluding tert-OH is 2. The van der Waals surface area contributed by atoms with Crippen molar-refractivity contribution in [2.24, 2.45) is 5.92 Å². The lowest BCUT2D eigenvalue weighted by atomic mass is 10.2. The number of hydrogen-bond acceptors (Lipinski definition) is 2. The van der Waals surface area contributed by atoms with Crippen LogP contribution >= 0.6 is 0 Å². The molecule has 14 heavy (non-hydrogen) atoms. The molecule has 2 heteroatoms. The van der Waals surface area contributed by atoms with E-state index in [1.165, 1.54) is 5.57 Å². The number of aliphatic hydroxyl groups is 2. The Morgan fingerprint density at radius 3 is 2.43 bits per heavy atom. The highest BCUT2D eigenvalue weighted by Gasteiger charge is 1.91. The second kappa shape index (κ2) is 8.73. The molecule has 2 N–H and O–H groups in total. The highest BCUT2D eigenvalue weighted by Crippen LogP contribution is 2.01. The summed E-state index contributed by atoms with van der Waals surface area (Å²) in [7, 11) is 0. The van der Waals surface area contributed by atoms with Crippen LogP contribution in [0.5, 0.6) is 0 Å². The van der Waals surface area contributed by atoms with Crippen LogP contribution in [0.2, 0.25) is 0 Å². The summed E-state index contributed by atoms with van der Waals surface area (Å²) >= 11 is 0. The maximum atomic E-state index is 8.17. The van der Waals surface area contributed by atoms with Crippen LogP contribution in [0.25, 0.3) is 0 Å². The summed E-state index contributed by atoms with van der Waals surface area (Å²) in [4.78, 5) is 0. The molecule has 0 heterocycles. The van der Waals surface area contributed by atoms with Gasteiger partial charge in [-0.1, -0.05) is 42.9 Å². The molecule has 2 nitrogen and oxygen atoms in total. The van der Waals surface area contributed by atoms with Gasteiger partial charge in [-0.15, -0.1) is 0 Å². The summed E-state index contributed by atoms with van der Waals surface area (Å²) in [6.45, 7) is 4.04. The number of hydrogen-bond donors (Lipinski definition) is 2. The fourth-order valence-corrected chi connectivity index (χ4v) is 0.744. The molecule has 80 valence electrons. The van der Waals surface area contributed by atoms with Crippen LogP contribution in [0.3, 0.4) is 0 Å². The van der Waals surface area contributed by atoms with Crippen LogP contribution in [0.15, 0.2) is 36.0 Å². The molecule has 1 aliphatic rings. The van der Waals surface area contributed by atoms with Crippen LogP contribution in [0.1, 0.15) is 20.3 Å². The van der Waals surface area contributed by atoms with Crippen LogP contribution in [0, 0.1) is 5.92 Å². The van der Waals surface area contributed by atoms with Gasteiger partial charge < -0.3 is 10.2 Å². The Labute approximate surface area is 86.3 Å². The predicted octanol–water partition coefficient (Wildman–Crippen LogP) is 2.06. The van der Waals surface area contributed by atoms with E-state index < -0.39 is 0 Å². The molecule has 0 aromatic rings. The third kappa shape index (κ3) is 7.77. The molecule has 0 amide bonds. The molecular formula is C12H20O2. The summed E-state index contributed by atoms with van der Waals surface area (Å²) < 4.78 is 0. The van der Waals surface area contributed by atoms with Crippen LogP contribution < -0.4 is 0 Å². The molecule has 0 radical (unpaired) electrons. The molecule has 0 fully saturated rings. The van der Waals surface area contributed by atoms with Gasteiger partial charge in [0.2, 0.25) is 0 Å². The van der Waals surface area contributed by atoms with Crippen molar-refractivity contribution in [2.75, 3.05) is 13.2 Å². The van der Waals surface area contributed by atoms with Crippen LogP contribution in [0.4, 0.5) is 0 Å². The summed E-state index contributed by atoms with van der Waals surface area (Å²) in [6, 6.07) is 0. The zero-order chi connectivity index (χ0) is 10.8. The molecule has 0 saturated carbocycles. The van der Waals surface area contributed by atoms with Gasteiger partial charge in [-0.05, 0) is 13.3 Å². The largest absolute Gasteiger partial charge is 0.396 e. The highest BCUT2D eigenvalue weighted by atomic mass is 16.3. The SMILES string of the molecule is CC(CO)CO.CC1=CC=CCC=C1. The maximum Gasteiger partial charge on any atom is 0.0478 e. The average molecular weight is 196 g/mol. The quantitative estimate of drug-likeness (QED) is 0.709. The molecule has 1 aliphatic carbocycles. The first-order valence-electron chi connectivity index (χ1n) is 4.92. The minimum absolute atomic E-state index is 0.0463. The summed E-state index contributed by atoms with van der Waals surface area (Å²) in [5.74, 6) is 0.0463. The molecule has 0 saturated heterocycles. The van der Waals surface area contributed by atoms with Gasteiger partial charge in [0.1, 0.15) is 0 Å². The van der Waals surface area contributed by atoms with Gasteiger partial charge in [0.05, 0.1) is 0 Å². The van der Waals surface area contributed by atoms with Crippen LogP contribution in [-0.4, -0.2) is 23.4 Å². The third-order valence-corrected chi connectivity index (χ3v) is 1.77. The third-order valence-electron chi connectivity index (χ3n) is 1.77. The van der Waals surface area contributed by atoms with E-state index in [0.717, 1.165) is 6.42 Å². The zero-order valence-corrected chi connectivity index (χ0v) is 8.98. The predicted molar refractivity (Wildman–Crippen MR) is 60.0 cm³/mol. The van der Waals surface area contributed by atoms with E-state index >= 15 is 0 Å². The first kappa shape index (κ1) is 13.1. The van der Waals surface area contributed by atoms with Gasteiger partial charge in [-0.2, -0.15) is 0 Å². The van der Waals surface area contributed by atoms with Gasteiger partial charge in [0.25, 0.3) is 0 Å². The van der Waals surface area contributed by atoms with E-state index in [1.807, 2.05) is 0 Å². The topological polar surface area (TPSA) is 40.5 Å². The monoisotopic (exact) mass is 196 g/mol. The molecule has 1 rings (SSSR count). The summed E-state index contributed by atoms with van der Waals surface area (Å²) in [5.41, 5.74) is 1.33. The summed E-state index contributed by atoms with van der Waals surface area (Å²) in [6.07, 6.45) is 11.7. The van der Waals surface area contributed by atoms with Gasteiger partial charge in [-0.25, -0.2) is 0 Å². The second-order valence-electron chi connectivity index (χ2n) is 3.45. The molecule has 0 bridgehead atoms. The first-order valence-corrected chi connectivity index (χ1v) is 4.92. The van der Waals surface area contributed by atoms with Crippen molar-refractivity contribution in [3.8, 4) is 0 Å². The van der Waals surface area contributed by atoms with E-state index in [-0.39, 0.29) is 19.1 Å². The van der Waals surface area contributed by atoms with Crippen molar-refractivity contribution in [3.63, 3.8) is 0 Å². The molecule has 0 aromatic carbocycles. The van der Waals surface area contributed by atoms with Crippen molar-refractivity contribution >= 4 is 0 Å². The Morgan fingerprint density at radius 2 is 1.93 bits per heavy atom. The Morgan fingerprint density at radius 1 is 1.29 bits per heavy atom. The average Bonchev–Trinajstić information content (AvgIpc) is 2.45. The maximum absolute atomic E-state index is 8.17. The van der Waals surface area contributed by atoms with E-state index in [4.69, 9.17) is 10.2 Å². The van der Waals surface area contributed by atoms with Gasteiger partial charge in [0, 0.05) is 19.1 Å². The van der Waals surface area contributed by atoms with E-state index in [9.17, 15) is 0 Å². The molecule has 0 spiro atoms. The molecule has 0 aliphatic heterocycles. The van der Waals surface area contributed by atoms with Crippen molar-refractivity contribution in [3.05, 3.63) is 36.0 Å². The second-order valence-corrected chi connectivity index (χ2v) is 3.45. The number of allylic oxidation sites excluding steroid dienone is 6. The Bertz CT molecular complexity index is 210. The van der Waals surface area contributed by atoms with Gasteiger partial charge in [0.15, 0.2) is 0 Å². The summed E-state index contributed by atoms with van der Waals surface area (Å²) in [5, 5.41) is 16.3. The number of rotatable bonds is 2. The standard InChI is InChI=1S/C8H10.C4H10O2/c1-8-6-4-2-3-5-7-8;1-4(2-5)3-6/h2,4-7H,3H2,1H3;4-6H,2-3H2,1H3. The van der Waals surface area contributed by atoms with Gasteiger partial charge in [-0.3, -0.25) is 0 Å². The molecular weight excluding hydrogens is 176 g/mol. The Hall–Kier alpha value is -0.860. The van der Waals surface area contributed by atoms with Crippen LogP contribution in [-0.2, 0) is 0 Å². The van der Waals surface area contributed by atoms with E-state index in [2.05, 4.69) is 37.3 Å². The lowest BCUT2D eigenvalue weighted by Gasteiger charge is -1.97. The zero-order valence-electron chi connectivity index (χ0n) is 8.98. The Balaban J connectivity index is 0.000000255. The first-order chi connectivity index (χ1) is 6.70. The van der Waals surface area contributed by atoms with Crippen molar-refractivity contribution in [2.45, 2.75) is 20.3 Å². The fraction of sp³-hybridized carbons (Fsp3) is 0.500. The Kier molecular flexibility index (Phi) is 8.19. The van der Waals surface area contributed by atoms with E-state index in [0.29, 0.717) is 0 Å². The fourth-order valence-electron chi connectivity index (χ4n) is 0.744. The molecule has 0 aromatic heterocycles. The lowest BCUT2D eigenvalue weighted by Crippen LogP contribution is -2.04. The molecule has 0 unspecified atom stereocenters. The van der Waals surface area contributed by atoms with Crippen molar-refractivity contribution in [1.29, 1.82) is 0 Å². The smallest absolute Gasteiger partial charge is 0.0478 e. The lowest BCUT2D eigenvalue weighted by molar-refractivity contribution is 0.162. The minimum atomic E-state index is 0.0463.